The molecular formula is C19H17FN6O. The largest absolute Gasteiger partial charge is 0.339 e. The Kier molecular flexibility index (Phi) is 4.97. The molecule has 3 heterocycles. The topological polar surface area (TPSA) is 92.5 Å². The number of hydrogen-bond acceptors (Lipinski definition) is 6. The summed E-state index contributed by atoms with van der Waals surface area (Å²) in [4.78, 5) is 8.43. The highest BCUT2D eigenvalue weighted by molar-refractivity contribution is 5.62. The molecule has 0 aliphatic rings. The maximum Gasteiger partial charge on any atom is 0.228 e. The van der Waals surface area contributed by atoms with Crippen LogP contribution < -0.4 is 5.32 Å². The van der Waals surface area contributed by atoms with Crippen LogP contribution in [-0.4, -0.2) is 31.9 Å². The Morgan fingerprint density at radius 1 is 1.07 bits per heavy atom. The SMILES string of the molecule is Fc1ccc(-c2[nH]ncc2CNCCc2nc(-c3cccnc3)no2)cc1. The first-order valence-electron chi connectivity index (χ1n) is 8.51. The van der Waals surface area contributed by atoms with Gasteiger partial charge in [-0.15, -0.1) is 0 Å². The lowest BCUT2D eigenvalue weighted by Gasteiger charge is -2.05. The molecule has 1 aromatic carbocycles. The molecule has 0 atom stereocenters. The summed E-state index contributed by atoms with van der Waals surface area (Å²) in [7, 11) is 0. The van der Waals surface area contributed by atoms with Crippen molar-refractivity contribution < 1.29 is 8.91 Å². The van der Waals surface area contributed by atoms with E-state index in [1.807, 2.05) is 12.1 Å². The minimum atomic E-state index is -0.261. The molecule has 0 saturated carbocycles. The van der Waals surface area contributed by atoms with Gasteiger partial charge in [0.25, 0.3) is 0 Å². The van der Waals surface area contributed by atoms with Gasteiger partial charge < -0.3 is 9.84 Å². The molecule has 27 heavy (non-hydrogen) atoms. The van der Waals surface area contributed by atoms with Crippen LogP contribution in [0, 0.1) is 5.82 Å². The van der Waals surface area contributed by atoms with Gasteiger partial charge in [-0.3, -0.25) is 10.1 Å². The van der Waals surface area contributed by atoms with E-state index in [4.69, 9.17) is 4.52 Å². The molecule has 0 aliphatic carbocycles. The summed E-state index contributed by atoms with van der Waals surface area (Å²) in [5.41, 5.74) is 3.59. The van der Waals surface area contributed by atoms with Crippen molar-refractivity contribution >= 4 is 0 Å². The molecule has 136 valence electrons. The Morgan fingerprint density at radius 2 is 1.96 bits per heavy atom. The Hall–Kier alpha value is -3.39. The van der Waals surface area contributed by atoms with E-state index in [-0.39, 0.29) is 5.82 Å². The molecule has 0 unspecified atom stereocenters. The zero-order chi connectivity index (χ0) is 18.5. The first-order chi connectivity index (χ1) is 13.3. The summed E-state index contributed by atoms with van der Waals surface area (Å²) in [6.45, 7) is 1.29. The third-order valence-electron chi connectivity index (χ3n) is 4.07. The molecule has 3 aromatic heterocycles. The molecule has 0 bridgehead atoms. The van der Waals surface area contributed by atoms with Gasteiger partial charge in [-0.05, 0) is 36.4 Å². The van der Waals surface area contributed by atoms with Crippen molar-refractivity contribution in [2.45, 2.75) is 13.0 Å². The highest BCUT2D eigenvalue weighted by atomic mass is 19.1. The van der Waals surface area contributed by atoms with Gasteiger partial charge in [0.05, 0.1) is 11.9 Å². The van der Waals surface area contributed by atoms with Crippen molar-refractivity contribution in [3.05, 3.63) is 72.3 Å². The fraction of sp³-hybridized carbons (Fsp3) is 0.158. The van der Waals surface area contributed by atoms with Crippen molar-refractivity contribution in [3.8, 4) is 22.6 Å². The third kappa shape index (κ3) is 4.06. The van der Waals surface area contributed by atoms with Gasteiger partial charge in [-0.1, -0.05) is 5.16 Å². The van der Waals surface area contributed by atoms with E-state index in [1.165, 1.54) is 12.1 Å². The molecule has 8 heteroatoms. The van der Waals surface area contributed by atoms with Crippen LogP contribution in [0.5, 0.6) is 0 Å². The molecule has 0 fully saturated rings. The van der Waals surface area contributed by atoms with Crippen LogP contribution in [0.2, 0.25) is 0 Å². The highest BCUT2D eigenvalue weighted by Crippen LogP contribution is 2.21. The number of hydrogen-bond donors (Lipinski definition) is 2. The quantitative estimate of drug-likeness (QED) is 0.490. The monoisotopic (exact) mass is 364 g/mol. The predicted octanol–water partition coefficient (Wildman–Crippen LogP) is 2.99. The number of H-pyrrole nitrogens is 1. The van der Waals surface area contributed by atoms with E-state index in [2.05, 4.69) is 30.6 Å². The molecule has 0 amide bonds. The van der Waals surface area contributed by atoms with Crippen molar-refractivity contribution in [2.24, 2.45) is 0 Å². The minimum Gasteiger partial charge on any atom is -0.339 e. The van der Waals surface area contributed by atoms with Crippen LogP contribution in [0.1, 0.15) is 11.5 Å². The summed E-state index contributed by atoms with van der Waals surface area (Å²) in [5, 5.41) is 14.4. The first-order valence-corrected chi connectivity index (χ1v) is 8.51. The number of aromatic nitrogens is 5. The number of aromatic amines is 1. The van der Waals surface area contributed by atoms with E-state index in [0.717, 1.165) is 22.4 Å². The lowest BCUT2D eigenvalue weighted by atomic mass is 10.1. The van der Waals surface area contributed by atoms with E-state index < -0.39 is 0 Å². The van der Waals surface area contributed by atoms with E-state index in [9.17, 15) is 4.39 Å². The lowest BCUT2D eigenvalue weighted by molar-refractivity contribution is 0.376. The summed E-state index contributed by atoms with van der Waals surface area (Å²) in [6, 6.07) is 10.0. The molecule has 0 radical (unpaired) electrons. The standard InChI is InChI=1S/C19H17FN6O/c20-16-5-3-13(4-6-16)18-15(12-23-25-18)11-22-9-7-17-24-19(26-27-17)14-2-1-8-21-10-14/h1-6,8,10,12,22H,7,9,11H2,(H,23,25). The second kappa shape index (κ2) is 7.88. The fourth-order valence-electron chi connectivity index (χ4n) is 2.70. The average molecular weight is 364 g/mol. The van der Waals surface area contributed by atoms with Gasteiger partial charge in [0.1, 0.15) is 5.82 Å². The van der Waals surface area contributed by atoms with E-state index in [0.29, 0.717) is 31.2 Å². The Balaban J connectivity index is 1.32. The normalized spacial score (nSPS) is 11.0. The molecular weight excluding hydrogens is 347 g/mol. The van der Waals surface area contributed by atoms with E-state index >= 15 is 0 Å². The summed E-state index contributed by atoms with van der Waals surface area (Å²) >= 11 is 0. The van der Waals surface area contributed by atoms with Crippen LogP contribution in [0.4, 0.5) is 4.39 Å². The third-order valence-corrected chi connectivity index (χ3v) is 4.07. The molecule has 7 nitrogen and oxygen atoms in total. The van der Waals surface area contributed by atoms with Gasteiger partial charge in [-0.25, -0.2) is 4.39 Å². The van der Waals surface area contributed by atoms with Gasteiger partial charge >= 0.3 is 0 Å². The molecule has 0 spiro atoms. The van der Waals surface area contributed by atoms with Crippen LogP contribution in [0.15, 0.2) is 59.5 Å². The fourth-order valence-corrected chi connectivity index (χ4v) is 2.70. The first kappa shape index (κ1) is 17.0. The summed E-state index contributed by atoms with van der Waals surface area (Å²) in [6.07, 6.45) is 5.77. The number of nitrogens with one attached hydrogen (secondary N) is 2. The number of pyridine rings is 1. The molecule has 0 aliphatic heterocycles. The van der Waals surface area contributed by atoms with Gasteiger partial charge in [0.2, 0.25) is 11.7 Å². The number of halogens is 1. The van der Waals surface area contributed by atoms with Crippen LogP contribution in [0.3, 0.4) is 0 Å². The van der Waals surface area contributed by atoms with Crippen molar-refractivity contribution in [1.82, 2.24) is 30.6 Å². The number of benzene rings is 1. The summed E-state index contributed by atoms with van der Waals surface area (Å²) < 4.78 is 18.4. The van der Waals surface area contributed by atoms with Crippen molar-refractivity contribution in [3.63, 3.8) is 0 Å². The van der Waals surface area contributed by atoms with Gasteiger partial charge in [0.15, 0.2) is 0 Å². The van der Waals surface area contributed by atoms with Crippen molar-refractivity contribution in [1.29, 1.82) is 0 Å². The number of nitrogens with zero attached hydrogens (tertiary/aromatic N) is 4. The van der Waals surface area contributed by atoms with Crippen LogP contribution in [0.25, 0.3) is 22.6 Å². The minimum absolute atomic E-state index is 0.261. The highest BCUT2D eigenvalue weighted by Gasteiger charge is 2.10. The van der Waals surface area contributed by atoms with Crippen molar-refractivity contribution in [2.75, 3.05) is 6.54 Å². The Bertz CT molecular complexity index is 996. The zero-order valence-corrected chi connectivity index (χ0v) is 14.4. The Morgan fingerprint density at radius 3 is 2.78 bits per heavy atom. The predicted molar refractivity (Wildman–Crippen MR) is 96.9 cm³/mol. The zero-order valence-electron chi connectivity index (χ0n) is 14.4. The maximum atomic E-state index is 13.1. The Labute approximate surface area is 154 Å². The second-order valence-electron chi connectivity index (χ2n) is 5.96. The second-order valence-corrected chi connectivity index (χ2v) is 5.96. The van der Waals surface area contributed by atoms with E-state index in [1.54, 1.807) is 30.7 Å². The smallest absolute Gasteiger partial charge is 0.228 e. The maximum absolute atomic E-state index is 13.1. The number of rotatable bonds is 7. The van der Waals surface area contributed by atoms with Crippen LogP contribution in [-0.2, 0) is 13.0 Å². The average Bonchev–Trinajstić information content (AvgIpc) is 3.36. The molecule has 0 saturated heterocycles. The summed E-state index contributed by atoms with van der Waals surface area (Å²) in [5.74, 6) is 0.835. The van der Waals surface area contributed by atoms with Gasteiger partial charge in [0, 0.05) is 48.6 Å². The van der Waals surface area contributed by atoms with Crippen LogP contribution >= 0.6 is 0 Å². The molecule has 4 aromatic rings. The molecule has 4 rings (SSSR count). The van der Waals surface area contributed by atoms with Gasteiger partial charge in [-0.2, -0.15) is 10.1 Å². The molecule has 2 N–H and O–H groups in total. The lowest BCUT2D eigenvalue weighted by Crippen LogP contribution is -2.17.